The van der Waals surface area contributed by atoms with Gasteiger partial charge in [0.1, 0.15) is 23.9 Å². The quantitative estimate of drug-likeness (QED) is 0.206. The molecule has 4 aromatic rings. The number of amidine groups is 1. The maximum Gasteiger partial charge on any atom is 0.416 e. The molecule has 2 atom stereocenters. The monoisotopic (exact) mass is 684 g/mol. The predicted octanol–water partition coefficient (Wildman–Crippen LogP) is 8.13. The molecule has 3 heterocycles. The van der Waals surface area contributed by atoms with Gasteiger partial charge in [-0.25, -0.2) is 4.79 Å². The van der Waals surface area contributed by atoms with Crippen molar-refractivity contribution >= 4 is 41.0 Å². The van der Waals surface area contributed by atoms with E-state index >= 15 is 0 Å². The minimum absolute atomic E-state index is 0.0546. The highest BCUT2D eigenvalue weighted by atomic mass is 35.5. The van der Waals surface area contributed by atoms with E-state index in [4.69, 9.17) is 37.3 Å². The number of hydrogen-bond donors (Lipinski definition) is 0. The lowest BCUT2D eigenvalue weighted by molar-refractivity contribution is -0.137. The van der Waals surface area contributed by atoms with Crippen molar-refractivity contribution in [2.24, 2.45) is 4.99 Å². The van der Waals surface area contributed by atoms with E-state index in [2.05, 4.69) is 0 Å². The van der Waals surface area contributed by atoms with Crippen LogP contribution in [0.3, 0.4) is 0 Å². The lowest BCUT2D eigenvalue weighted by atomic mass is 9.93. The smallest absolute Gasteiger partial charge is 0.416 e. The molecule has 1 fully saturated rings. The van der Waals surface area contributed by atoms with Crippen molar-refractivity contribution in [3.05, 3.63) is 123 Å². The molecule has 47 heavy (non-hydrogen) atoms. The number of halogens is 5. The zero-order valence-corrected chi connectivity index (χ0v) is 26.6. The Balaban J connectivity index is 1.44. The number of alkyl halides is 3. The van der Waals surface area contributed by atoms with Gasteiger partial charge in [-0.2, -0.15) is 13.2 Å². The van der Waals surface area contributed by atoms with Gasteiger partial charge in [-0.15, -0.1) is 0 Å². The van der Waals surface area contributed by atoms with Crippen molar-refractivity contribution in [1.29, 1.82) is 0 Å². The first-order valence-electron chi connectivity index (χ1n) is 14.9. The number of piperazine rings is 1. The first-order chi connectivity index (χ1) is 22.5. The molecule has 0 spiro atoms. The predicted molar refractivity (Wildman–Crippen MR) is 171 cm³/mol. The molecule has 0 radical (unpaired) electrons. The van der Waals surface area contributed by atoms with Gasteiger partial charge in [0.25, 0.3) is 5.91 Å². The van der Waals surface area contributed by atoms with Crippen LogP contribution in [0.25, 0.3) is 0 Å². The van der Waals surface area contributed by atoms with Crippen molar-refractivity contribution in [3.8, 4) is 5.75 Å². The fourth-order valence-corrected chi connectivity index (χ4v) is 6.09. The summed E-state index contributed by atoms with van der Waals surface area (Å²) in [4.78, 5) is 37.4. The van der Waals surface area contributed by atoms with Gasteiger partial charge >= 0.3 is 12.2 Å². The summed E-state index contributed by atoms with van der Waals surface area (Å²) in [5.74, 6) is -0.104. The van der Waals surface area contributed by atoms with Crippen LogP contribution < -0.4 is 4.74 Å². The molecule has 6 rings (SSSR count). The highest BCUT2D eigenvalue weighted by molar-refractivity contribution is 6.30. The lowest BCUT2D eigenvalue weighted by Gasteiger charge is -2.39. The summed E-state index contributed by atoms with van der Waals surface area (Å²) in [5, 5.41) is 1.00. The first-order valence-corrected chi connectivity index (χ1v) is 15.6. The number of aliphatic imine (C=N–C) groups is 1. The second-order valence-corrected chi connectivity index (χ2v) is 11.9. The molecule has 13 heteroatoms. The average Bonchev–Trinajstić information content (AvgIpc) is 3.74. The molecule has 1 aromatic heterocycles. The highest BCUT2D eigenvalue weighted by Crippen LogP contribution is 2.46. The highest BCUT2D eigenvalue weighted by Gasteiger charge is 2.45. The second kappa shape index (κ2) is 13.3. The number of carbonyl (C=O) groups is 2. The summed E-state index contributed by atoms with van der Waals surface area (Å²) >= 11 is 12.4. The molecule has 0 bridgehead atoms. The number of ether oxygens (including phenoxy) is 1. The second-order valence-electron chi connectivity index (χ2n) is 11.0. The Bertz CT molecular complexity index is 1770. The molecular formula is C34H29Cl2F3N4O4. The molecule has 1 saturated heterocycles. The zero-order chi connectivity index (χ0) is 33.3. The van der Waals surface area contributed by atoms with Crippen LogP contribution in [0.1, 0.15) is 51.6 Å². The Kier molecular flexibility index (Phi) is 9.20. The van der Waals surface area contributed by atoms with E-state index in [0.29, 0.717) is 21.2 Å². The topological polar surface area (TPSA) is 78.6 Å². The fraction of sp³-hybridized carbons (Fsp3) is 0.265. The minimum Gasteiger partial charge on any atom is -0.493 e. The Labute approximate surface area is 278 Å². The molecule has 8 nitrogen and oxygen atoms in total. The van der Waals surface area contributed by atoms with Gasteiger partial charge in [0.15, 0.2) is 0 Å². The van der Waals surface area contributed by atoms with E-state index in [1.54, 1.807) is 59.2 Å². The number of rotatable bonds is 6. The van der Waals surface area contributed by atoms with E-state index < -0.39 is 29.9 Å². The molecule has 2 aliphatic rings. The summed E-state index contributed by atoms with van der Waals surface area (Å²) in [6.07, 6.45) is -1.81. The summed E-state index contributed by atoms with van der Waals surface area (Å²) in [5.41, 5.74) is 1.21. The summed E-state index contributed by atoms with van der Waals surface area (Å²) in [6.45, 7) is 2.73. The van der Waals surface area contributed by atoms with Gasteiger partial charge in [-0.1, -0.05) is 47.5 Å². The fourth-order valence-electron chi connectivity index (χ4n) is 5.83. The van der Waals surface area contributed by atoms with Gasteiger partial charge in [-0.05, 0) is 66.6 Å². The number of benzene rings is 3. The SMILES string of the molecule is CCOc1cc(C(F)(F)F)ccc1C1=NC(c2ccc(Cl)cc2)C(c2ccc(Cl)cc2)N1C(=O)N1CCN(C(=O)c2ccoc2)CC1. The Morgan fingerprint density at radius 2 is 1.51 bits per heavy atom. The van der Waals surface area contributed by atoms with Crippen molar-refractivity contribution < 1.29 is 31.9 Å². The Morgan fingerprint density at radius 3 is 2.09 bits per heavy atom. The van der Waals surface area contributed by atoms with Crippen LogP contribution in [0.15, 0.2) is 94.7 Å². The van der Waals surface area contributed by atoms with Crippen LogP contribution in [0.5, 0.6) is 5.75 Å². The number of furan rings is 1. The van der Waals surface area contributed by atoms with Crippen molar-refractivity contribution in [2.45, 2.75) is 25.2 Å². The van der Waals surface area contributed by atoms with Crippen LogP contribution in [0.2, 0.25) is 10.0 Å². The molecule has 2 aliphatic heterocycles. The van der Waals surface area contributed by atoms with Crippen LogP contribution in [-0.4, -0.2) is 65.3 Å². The number of carbonyl (C=O) groups excluding carboxylic acids is 2. The standard InChI is InChI=1S/C34H29Cl2F3N4O4/c1-2-47-28-19-24(34(37,38)39)7-12-27(28)31-40-29(21-3-8-25(35)9-4-21)30(22-5-10-26(36)11-6-22)43(31)33(45)42-16-14-41(15-17-42)32(44)23-13-18-46-20-23/h3-13,18-20,29-30H,2,14-17H2,1H3. The number of hydrogen-bond acceptors (Lipinski definition) is 5. The third kappa shape index (κ3) is 6.68. The normalized spacial score (nSPS) is 18.3. The molecule has 244 valence electrons. The van der Waals surface area contributed by atoms with E-state index in [0.717, 1.165) is 17.7 Å². The van der Waals surface area contributed by atoms with E-state index in [9.17, 15) is 22.8 Å². The Morgan fingerprint density at radius 1 is 0.894 bits per heavy atom. The maximum atomic E-state index is 14.7. The summed E-state index contributed by atoms with van der Waals surface area (Å²) in [6, 6.07) is 17.0. The number of amides is 3. The van der Waals surface area contributed by atoms with Crippen LogP contribution in [-0.2, 0) is 6.18 Å². The molecule has 0 N–H and O–H groups in total. The molecule has 0 aliphatic carbocycles. The minimum atomic E-state index is -4.61. The molecule has 3 aromatic carbocycles. The van der Waals surface area contributed by atoms with Crippen molar-refractivity contribution in [2.75, 3.05) is 32.8 Å². The molecule has 2 unspecified atom stereocenters. The summed E-state index contributed by atoms with van der Waals surface area (Å²) in [7, 11) is 0. The molecular weight excluding hydrogens is 656 g/mol. The zero-order valence-electron chi connectivity index (χ0n) is 25.1. The van der Waals surface area contributed by atoms with Gasteiger partial charge in [0.2, 0.25) is 0 Å². The molecule has 3 amide bonds. The molecule has 0 saturated carbocycles. The first kappa shape index (κ1) is 32.5. The number of nitrogens with zero attached hydrogens (tertiary/aromatic N) is 4. The van der Waals surface area contributed by atoms with E-state index in [-0.39, 0.29) is 55.8 Å². The van der Waals surface area contributed by atoms with Gasteiger partial charge in [0, 0.05) is 36.2 Å². The van der Waals surface area contributed by atoms with Crippen molar-refractivity contribution in [3.63, 3.8) is 0 Å². The van der Waals surface area contributed by atoms with Crippen LogP contribution in [0, 0.1) is 0 Å². The average molecular weight is 686 g/mol. The third-order valence-corrected chi connectivity index (χ3v) is 8.66. The van der Waals surface area contributed by atoms with Crippen molar-refractivity contribution in [1.82, 2.24) is 14.7 Å². The lowest BCUT2D eigenvalue weighted by Crippen LogP contribution is -2.55. The maximum absolute atomic E-state index is 14.7. The van der Waals surface area contributed by atoms with Crippen LogP contribution >= 0.6 is 23.2 Å². The van der Waals surface area contributed by atoms with E-state index in [1.165, 1.54) is 23.5 Å². The largest absolute Gasteiger partial charge is 0.493 e. The van der Waals surface area contributed by atoms with Gasteiger partial charge < -0.3 is 19.0 Å². The summed E-state index contributed by atoms with van der Waals surface area (Å²) < 4.78 is 52.1. The van der Waals surface area contributed by atoms with Crippen LogP contribution in [0.4, 0.5) is 18.0 Å². The van der Waals surface area contributed by atoms with E-state index in [1.807, 2.05) is 12.1 Å². The third-order valence-electron chi connectivity index (χ3n) is 8.15. The van der Waals surface area contributed by atoms with Gasteiger partial charge in [-0.3, -0.25) is 14.7 Å². The Hall–Kier alpha value is -4.48. The van der Waals surface area contributed by atoms with Gasteiger partial charge in [0.05, 0.1) is 35.6 Å². The number of urea groups is 1.